The van der Waals surface area contributed by atoms with Gasteiger partial charge in [0.2, 0.25) is 0 Å². The zero-order chi connectivity index (χ0) is 13.9. The Kier molecular flexibility index (Phi) is 4.48. The average molecular weight is 263 g/mol. The van der Waals surface area contributed by atoms with E-state index in [2.05, 4.69) is 32.2 Å². The van der Waals surface area contributed by atoms with Crippen LogP contribution in [0.5, 0.6) is 5.75 Å². The van der Waals surface area contributed by atoms with Crippen molar-refractivity contribution < 1.29 is 9.47 Å². The van der Waals surface area contributed by atoms with Crippen molar-refractivity contribution in [2.24, 2.45) is 0 Å². The molecular weight excluding hydrogens is 238 g/mol. The summed E-state index contributed by atoms with van der Waals surface area (Å²) < 4.78 is 11.9. The first-order chi connectivity index (χ1) is 9.02. The molecule has 1 N–H and O–H groups in total. The standard InChI is InChI=1S/C16H25NO2/c1-12(17-4)14-7-5-6-8-15(14)18-11-13-9-10-16(2,3)19-13/h5-8,12-13,17H,9-11H2,1-4H3. The van der Waals surface area contributed by atoms with Gasteiger partial charge in [-0.1, -0.05) is 18.2 Å². The Morgan fingerprint density at radius 3 is 2.79 bits per heavy atom. The maximum atomic E-state index is 5.97. The van der Waals surface area contributed by atoms with E-state index >= 15 is 0 Å². The van der Waals surface area contributed by atoms with Crippen molar-refractivity contribution in [1.29, 1.82) is 0 Å². The Bertz CT molecular complexity index is 417. The molecular formula is C16H25NO2. The second-order valence-electron chi connectivity index (χ2n) is 5.90. The molecule has 0 amide bonds. The van der Waals surface area contributed by atoms with Crippen LogP contribution in [-0.2, 0) is 4.74 Å². The number of ether oxygens (including phenoxy) is 2. The van der Waals surface area contributed by atoms with Gasteiger partial charge in [-0.05, 0) is 46.7 Å². The summed E-state index contributed by atoms with van der Waals surface area (Å²) in [4.78, 5) is 0. The van der Waals surface area contributed by atoms with Gasteiger partial charge in [0.25, 0.3) is 0 Å². The number of benzene rings is 1. The van der Waals surface area contributed by atoms with E-state index in [1.165, 1.54) is 5.56 Å². The van der Waals surface area contributed by atoms with E-state index in [0.29, 0.717) is 6.61 Å². The van der Waals surface area contributed by atoms with Crippen molar-refractivity contribution in [3.05, 3.63) is 29.8 Å². The van der Waals surface area contributed by atoms with Crippen LogP contribution in [0.25, 0.3) is 0 Å². The van der Waals surface area contributed by atoms with E-state index in [1.807, 2.05) is 25.2 Å². The van der Waals surface area contributed by atoms with E-state index in [-0.39, 0.29) is 17.7 Å². The lowest BCUT2D eigenvalue weighted by atomic mass is 10.1. The van der Waals surface area contributed by atoms with E-state index in [4.69, 9.17) is 9.47 Å². The number of hydrogen-bond donors (Lipinski definition) is 1. The monoisotopic (exact) mass is 263 g/mol. The lowest BCUT2D eigenvalue weighted by molar-refractivity contribution is -0.0328. The van der Waals surface area contributed by atoms with E-state index in [9.17, 15) is 0 Å². The molecule has 106 valence electrons. The largest absolute Gasteiger partial charge is 0.491 e. The van der Waals surface area contributed by atoms with Gasteiger partial charge in [0.1, 0.15) is 12.4 Å². The maximum absolute atomic E-state index is 5.97. The number of nitrogens with one attached hydrogen (secondary N) is 1. The highest BCUT2D eigenvalue weighted by molar-refractivity contribution is 5.35. The van der Waals surface area contributed by atoms with Gasteiger partial charge in [0.05, 0.1) is 11.7 Å². The smallest absolute Gasteiger partial charge is 0.124 e. The highest BCUT2D eigenvalue weighted by Crippen LogP contribution is 2.30. The Balaban J connectivity index is 1.96. The molecule has 1 fully saturated rings. The number of para-hydroxylation sites is 1. The van der Waals surface area contributed by atoms with Crippen molar-refractivity contribution in [3.8, 4) is 5.75 Å². The van der Waals surface area contributed by atoms with Crippen LogP contribution >= 0.6 is 0 Å². The van der Waals surface area contributed by atoms with Crippen LogP contribution in [0.2, 0.25) is 0 Å². The molecule has 1 saturated heterocycles. The zero-order valence-electron chi connectivity index (χ0n) is 12.4. The van der Waals surface area contributed by atoms with Crippen LogP contribution in [0.1, 0.15) is 45.2 Å². The Morgan fingerprint density at radius 1 is 1.42 bits per heavy atom. The molecule has 1 aliphatic rings. The highest BCUT2D eigenvalue weighted by Gasteiger charge is 2.32. The molecule has 3 nitrogen and oxygen atoms in total. The molecule has 0 bridgehead atoms. The quantitative estimate of drug-likeness (QED) is 0.884. The third kappa shape index (κ3) is 3.71. The first kappa shape index (κ1) is 14.4. The van der Waals surface area contributed by atoms with Gasteiger partial charge in [0.15, 0.2) is 0 Å². The minimum Gasteiger partial charge on any atom is -0.491 e. The molecule has 0 aromatic heterocycles. The van der Waals surface area contributed by atoms with Crippen LogP contribution in [0, 0.1) is 0 Å². The SMILES string of the molecule is CNC(C)c1ccccc1OCC1CCC(C)(C)O1. The molecule has 1 heterocycles. The van der Waals surface area contributed by atoms with Crippen LogP contribution in [0.3, 0.4) is 0 Å². The summed E-state index contributed by atoms with van der Waals surface area (Å²) in [5, 5.41) is 3.25. The van der Waals surface area contributed by atoms with Crippen molar-refractivity contribution >= 4 is 0 Å². The second-order valence-corrected chi connectivity index (χ2v) is 5.90. The second kappa shape index (κ2) is 5.93. The van der Waals surface area contributed by atoms with Gasteiger partial charge in [-0.2, -0.15) is 0 Å². The van der Waals surface area contributed by atoms with E-state index in [0.717, 1.165) is 18.6 Å². The summed E-state index contributed by atoms with van der Waals surface area (Å²) in [6.45, 7) is 7.06. The molecule has 0 saturated carbocycles. The zero-order valence-corrected chi connectivity index (χ0v) is 12.4. The lowest BCUT2D eigenvalue weighted by Crippen LogP contribution is -2.24. The molecule has 0 spiro atoms. The van der Waals surface area contributed by atoms with Crippen molar-refractivity contribution in [1.82, 2.24) is 5.32 Å². The van der Waals surface area contributed by atoms with E-state index < -0.39 is 0 Å². The molecule has 19 heavy (non-hydrogen) atoms. The Morgan fingerprint density at radius 2 is 2.16 bits per heavy atom. The van der Waals surface area contributed by atoms with Gasteiger partial charge in [-0.3, -0.25) is 0 Å². The van der Waals surface area contributed by atoms with Crippen molar-refractivity contribution in [2.45, 2.75) is 51.4 Å². The van der Waals surface area contributed by atoms with Crippen LogP contribution in [0.15, 0.2) is 24.3 Å². The van der Waals surface area contributed by atoms with Gasteiger partial charge < -0.3 is 14.8 Å². The van der Waals surface area contributed by atoms with Crippen LogP contribution in [0.4, 0.5) is 0 Å². The Labute approximate surface area is 116 Å². The third-order valence-electron chi connectivity index (χ3n) is 3.80. The van der Waals surface area contributed by atoms with Gasteiger partial charge >= 0.3 is 0 Å². The molecule has 2 atom stereocenters. The van der Waals surface area contributed by atoms with Crippen molar-refractivity contribution in [3.63, 3.8) is 0 Å². The molecule has 3 heteroatoms. The summed E-state index contributed by atoms with van der Waals surface area (Å²) in [6.07, 6.45) is 2.40. The van der Waals surface area contributed by atoms with Gasteiger partial charge in [-0.25, -0.2) is 0 Å². The number of rotatable bonds is 5. The summed E-state index contributed by atoms with van der Waals surface area (Å²) in [5.41, 5.74) is 1.20. The van der Waals surface area contributed by atoms with Gasteiger partial charge in [0, 0.05) is 11.6 Å². The van der Waals surface area contributed by atoms with E-state index in [1.54, 1.807) is 0 Å². The van der Waals surface area contributed by atoms with Crippen LogP contribution < -0.4 is 10.1 Å². The summed E-state index contributed by atoms with van der Waals surface area (Å²) in [6, 6.07) is 8.49. The molecule has 0 radical (unpaired) electrons. The summed E-state index contributed by atoms with van der Waals surface area (Å²) in [5.74, 6) is 0.956. The Hall–Kier alpha value is -1.06. The topological polar surface area (TPSA) is 30.5 Å². The summed E-state index contributed by atoms with van der Waals surface area (Å²) >= 11 is 0. The van der Waals surface area contributed by atoms with Crippen LogP contribution in [-0.4, -0.2) is 25.4 Å². The predicted molar refractivity (Wildman–Crippen MR) is 77.6 cm³/mol. The molecule has 1 aliphatic heterocycles. The lowest BCUT2D eigenvalue weighted by Gasteiger charge is -2.21. The number of hydrogen-bond acceptors (Lipinski definition) is 3. The first-order valence-electron chi connectivity index (χ1n) is 7.08. The average Bonchev–Trinajstić information content (AvgIpc) is 2.75. The van der Waals surface area contributed by atoms with Crippen molar-refractivity contribution in [2.75, 3.05) is 13.7 Å². The predicted octanol–water partition coefficient (Wildman–Crippen LogP) is 3.30. The van der Waals surface area contributed by atoms with Gasteiger partial charge in [-0.15, -0.1) is 0 Å². The first-order valence-corrected chi connectivity index (χ1v) is 7.08. The molecule has 1 aromatic rings. The highest BCUT2D eigenvalue weighted by atomic mass is 16.6. The summed E-state index contributed by atoms with van der Waals surface area (Å²) in [7, 11) is 1.96. The molecule has 2 rings (SSSR count). The minimum absolute atomic E-state index is 0.00576. The molecule has 2 unspecified atom stereocenters. The fraction of sp³-hybridized carbons (Fsp3) is 0.625. The fourth-order valence-corrected chi connectivity index (χ4v) is 2.50. The molecule has 1 aromatic carbocycles. The normalized spacial score (nSPS) is 23.3. The molecule has 0 aliphatic carbocycles. The minimum atomic E-state index is 0.00576. The maximum Gasteiger partial charge on any atom is 0.124 e. The third-order valence-corrected chi connectivity index (χ3v) is 3.80. The fourth-order valence-electron chi connectivity index (χ4n) is 2.50.